The first-order valence-electron chi connectivity index (χ1n) is 8.09. The second-order valence-corrected chi connectivity index (χ2v) is 6.36. The summed E-state index contributed by atoms with van der Waals surface area (Å²) in [5.41, 5.74) is 7.25. The van der Waals surface area contributed by atoms with Gasteiger partial charge >= 0.3 is 0 Å². The van der Waals surface area contributed by atoms with Gasteiger partial charge in [-0.15, -0.1) is 0 Å². The van der Waals surface area contributed by atoms with Crippen molar-refractivity contribution >= 4 is 0 Å². The quantitative estimate of drug-likeness (QED) is 0.906. The predicted molar refractivity (Wildman–Crippen MR) is 86.3 cm³/mol. The molecule has 0 spiro atoms. The van der Waals surface area contributed by atoms with Crippen LogP contribution in [-0.4, -0.2) is 36.6 Å². The second-order valence-electron chi connectivity index (χ2n) is 6.36. The van der Waals surface area contributed by atoms with Gasteiger partial charge in [0.25, 0.3) is 0 Å². The summed E-state index contributed by atoms with van der Waals surface area (Å²) in [4.78, 5) is 6.86. The van der Waals surface area contributed by atoms with Crippen LogP contribution < -0.4 is 10.5 Å². The van der Waals surface area contributed by atoms with E-state index in [0.29, 0.717) is 12.4 Å². The number of methoxy groups -OCH3 is 1. The lowest BCUT2D eigenvalue weighted by Gasteiger charge is -2.30. The van der Waals surface area contributed by atoms with Gasteiger partial charge in [-0.05, 0) is 49.8 Å². The Labute approximate surface area is 128 Å². The third-order valence-electron chi connectivity index (χ3n) is 4.77. The Balaban J connectivity index is 2.05. The molecule has 2 heterocycles. The van der Waals surface area contributed by atoms with Crippen molar-refractivity contribution in [2.75, 3.05) is 26.7 Å². The van der Waals surface area contributed by atoms with E-state index in [1.54, 1.807) is 7.11 Å². The highest BCUT2D eigenvalue weighted by molar-refractivity contribution is 5.21. The first-order chi connectivity index (χ1) is 10.2. The van der Waals surface area contributed by atoms with Gasteiger partial charge in [0.15, 0.2) is 0 Å². The average molecular weight is 291 g/mol. The topological polar surface area (TPSA) is 51.4 Å². The lowest BCUT2D eigenvalue weighted by atomic mass is 9.89. The number of nitrogens with two attached hydrogens (primary N) is 1. The standard InChI is InChI=1S/C17H29N3O/c1-13(2)14-5-4-9-20(10-8-14)16(11-18)15-6-7-17(21-3)19-12-15/h6-7,12-14,16H,4-5,8-11,18H2,1-3H3. The Kier molecular flexibility index (Phi) is 6.00. The van der Waals surface area contributed by atoms with Gasteiger partial charge in [-0.25, -0.2) is 4.98 Å². The lowest BCUT2D eigenvalue weighted by Crippen LogP contribution is -2.34. The number of hydrogen-bond acceptors (Lipinski definition) is 4. The molecule has 0 saturated carbocycles. The maximum Gasteiger partial charge on any atom is 0.212 e. The van der Waals surface area contributed by atoms with E-state index in [-0.39, 0.29) is 6.04 Å². The molecule has 0 bridgehead atoms. The molecule has 0 radical (unpaired) electrons. The van der Waals surface area contributed by atoms with Gasteiger partial charge in [-0.1, -0.05) is 19.9 Å². The summed E-state index contributed by atoms with van der Waals surface area (Å²) in [5, 5.41) is 0. The van der Waals surface area contributed by atoms with Gasteiger partial charge in [-0.3, -0.25) is 4.90 Å². The molecule has 4 heteroatoms. The van der Waals surface area contributed by atoms with Gasteiger partial charge in [0, 0.05) is 24.8 Å². The van der Waals surface area contributed by atoms with Gasteiger partial charge in [0.2, 0.25) is 5.88 Å². The minimum atomic E-state index is 0.273. The molecule has 1 saturated heterocycles. The van der Waals surface area contributed by atoms with Crippen LogP contribution in [0, 0.1) is 11.8 Å². The molecule has 0 aromatic carbocycles. The van der Waals surface area contributed by atoms with E-state index in [1.807, 2.05) is 12.3 Å². The van der Waals surface area contributed by atoms with E-state index in [2.05, 4.69) is 29.8 Å². The van der Waals surface area contributed by atoms with E-state index in [4.69, 9.17) is 10.5 Å². The summed E-state index contributed by atoms with van der Waals surface area (Å²) in [6, 6.07) is 4.29. The molecular weight excluding hydrogens is 262 g/mol. The van der Waals surface area contributed by atoms with Crippen LogP contribution in [0.2, 0.25) is 0 Å². The molecule has 2 N–H and O–H groups in total. The molecule has 0 aliphatic carbocycles. The first-order valence-corrected chi connectivity index (χ1v) is 8.09. The molecule has 2 atom stereocenters. The molecule has 1 aromatic rings. The van der Waals surface area contributed by atoms with E-state index in [0.717, 1.165) is 24.9 Å². The summed E-state index contributed by atoms with van der Waals surface area (Å²) < 4.78 is 5.13. The highest BCUT2D eigenvalue weighted by Crippen LogP contribution is 2.29. The van der Waals surface area contributed by atoms with Crippen molar-refractivity contribution in [3.63, 3.8) is 0 Å². The zero-order valence-electron chi connectivity index (χ0n) is 13.6. The fourth-order valence-corrected chi connectivity index (χ4v) is 3.33. The molecule has 21 heavy (non-hydrogen) atoms. The van der Waals surface area contributed by atoms with Gasteiger partial charge in [0.05, 0.1) is 7.11 Å². The number of pyridine rings is 1. The van der Waals surface area contributed by atoms with Crippen LogP contribution in [0.4, 0.5) is 0 Å². The number of rotatable bonds is 5. The van der Waals surface area contributed by atoms with Crippen LogP contribution in [0.3, 0.4) is 0 Å². The van der Waals surface area contributed by atoms with E-state index in [9.17, 15) is 0 Å². The lowest BCUT2D eigenvalue weighted by molar-refractivity contribution is 0.203. The Morgan fingerprint density at radius 2 is 2.14 bits per heavy atom. The number of aromatic nitrogens is 1. The third kappa shape index (κ3) is 4.17. The molecule has 0 amide bonds. The first kappa shape index (κ1) is 16.2. The van der Waals surface area contributed by atoms with Crippen molar-refractivity contribution in [2.45, 2.75) is 39.2 Å². The summed E-state index contributed by atoms with van der Waals surface area (Å²) in [7, 11) is 1.64. The number of hydrogen-bond donors (Lipinski definition) is 1. The molecule has 2 unspecified atom stereocenters. The van der Waals surface area contributed by atoms with Crippen molar-refractivity contribution in [1.29, 1.82) is 0 Å². The van der Waals surface area contributed by atoms with Gasteiger partial charge < -0.3 is 10.5 Å². The highest BCUT2D eigenvalue weighted by atomic mass is 16.5. The molecular formula is C17H29N3O. The Bertz CT molecular complexity index is 419. The molecule has 1 fully saturated rings. The van der Waals surface area contributed by atoms with E-state index >= 15 is 0 Å². The number of ether oxygens (including phenoxy) is 1. The maximum atomic E-state index is 6.05. The predicted octanol–water partition coefficient (Wildman–Crippen LogP) is 2.85. The minimum absolute atomic E-state index is 0.273. The van der Waals surface area contributed by atoms with Crippen molar-refractivity contribution < 1.29 is 4.74 Å². The highest BCUT2D eigenvalue weighted by Gasteiger charge is 2.24. The Morgan fingerprint density at radius 3 is 2.71 bits per heavy atom. The number of likely N-dealkylation sites (tertiary alicyclic amines) is 1. The van der Waals surface area contributed by atoms with Crippen LogP contribution in [0.25, 0.3) is 0 Å². The van der Waals surface area contributed by atoms with Crippen molar-refractivity contribution in [2.24, 2.45) is 17.6 Å². The molecule has 1 aliphatic heterocycles. The molecule has 118 valence electrons. The third-order valence-corrected chi connectivity index (χ3v) is 4.77. The zero-order chi connectivity index (χ0) is 15.2. The number of nitrogens with zero attached hydrogens (tertiary/aromatic N) is 2. The van der Waals surface area contributed by atoms with Crippen LogP contribution in [0.5, 0.6) is 5.88 Å². The largest absolute Gasteiger partial charge is 0.481 e. The SMILES string of the molecule is COc1ccc(C(CN)N2CCCC(C(C)C)CC2)cn1. The van der Waals surface area contributed by atoms with Crippen LogP contribution >= 0.6 is 0 Å². The monoisotopic (exact) mass is 291 g/mol. The minimum Gasteiger partial charge on any atom is -0.481 e. The molecule has 2 rings (SSSR count). The zero-order valence-corrected chi connectivity index (χ0v) is 13.6. The fraction of sp³-hybridized carbons (Fsp3) is 0.706. The molecule has 4 nitrogen and oxygen atoms in total. The van der Waals surface area contributed by atoms with Crippen molar-refractivity contribution in [1.82, 2.24) is 9.88 Å². The van der Waals surface area contributed by atoms with Crippen molar-refractivity contribution in [3.8, 4) is 5.88 Å². The van der Waals surface area contributed by atoms with Crippen LogP contribution in [0.1, 0.15) is 44.7 Å². The second kappa shape index (κ2) is 7.76. The van der Waals surface area contributed by atoms with Crippen molar-refractivity contribution in [3.05, 3.63) is 23.9 Å². The van der Waals surface area contributed by atoms with E-state index < -0.39 is 0 Å². The van der Waals surface area contributed by atoms with Gasteiger partial charge in [0.1, 0.15) is 0 Å². The van der Waals surface area contributed by atoms with Crippen LogP contribution in [-0.2, 0) is 0 Å². The Hall–Kier alpha value is -1.13. The summed E-state index contributed by atoms with van der Waals surface area (Å²) in [6.45, 7) is 7.59. The van der Waals surface area contributed by atoms with Gasteiger partial charge in [-0.2, -0.15) is 0 Å². The van der Waals surface area contributed by atoms with E-state index in [1.165, 1.54) is 24.8 Å². The Morgan fingerprint density at radius 1 is 1.33 bits per heavy atom. The molecule has 1 aliphatic rings. The fourth-order valence-electron chi connectivity index (χ4n) is 3.33. The summed E-state index contributed by atoms with van der Waals surface area (Å²) >= 11 is 0. The smallest absolute Gasteiger partial charge is 0.212 e. The summed E-state index contributed by atoms with van der Waals surface area (Å²) in [5.74, 6) is 2.29. The normalized spacial score (nSPS) is 22.0. The van der Waals surface area contributed by atoms with Crippen LogP contribution in [0.15, 0.2) is 18.3 Å². The average Bonchev–Trinajstić information content (AvgIpc) is 2.75. The molecule has 1 aromatic heterocycles. The maximum absolute atomic E-state index is 6.05. The summed E-state index contributed by atoms with van der Waals surface area (Å²) in [6.07, 6.45) is 5.79.